The monoisotopic (exact) mass is 399 g/mol. The van der Waals surface area contributed by atoms with Crippen LogP contribution in [-0.4, -0.2) is 27.3 Å². The van der Waals surface area contributed by atoms with Crippen molar-refractivity contribution in [1.29, 1.82) is 0 Å². The first-order chi connectivity index (χ1) is 12.0. The third-order valence-electron chi connectivity index (χ3n) is 4.61. The average molecular weight is 400 g/mol. The molecule has 0 saturated carbocycles. The van der Waals surface area contributed by atoms with E-state index in [1.807, 2.05) is 12.1 Å². The highest BCUT2D eigenvalue weighted by atomic mass is 79.9. The second-order valence-electron chi connectivity index (χ2n) is 6.04. The molecule has 0 radical (unpaired) electrons. The van der Waals surface area contributed by atoms with Gasteiger partial charge in [0.15, 0.2) is 0 Å². The molecule has 1 amide bonds. The number of fused-ring (bicyclic) bond motifs is 2. The molecule has 0 spiro atoms. The normalized spacial score (nSPS) is 13.7. The number of halogens is 1. The Morgan fingerprint density at radius 1 is 1.28 bits per heavy atom. The van der Waals surface area contributed by atoms with Crippen molar-refractivity contribution < 1.29 is 9.72 Å². The summed E-state index contributed by atoms with van der Waals surface area (Å²) >= 11 is 3.55. The van der Waals surface area contributed by atoms with E-state index >= 15 is 0 Å². The van der Waals surface area contributed by atoms with Gasteiger partial charge in [0.05, 0.1) is 10.5 Å². The Kier molecular flexibility index (Phi) is 3.80. The summed E-state index contributed by atoms with van der Waals surface area (Å²) in [5, 5.41) is 11.6. The molecule has 7 heteroatoms. The summed E-state index contributed by atoms with van der Waals surface area (Å²) in [4.78, 5) is 28.4. The van der Waals surface area contributed by atoms with E-state index < -0.39 is 4.92 Å². The number of aromatic nitrogens is 1. The SMILES string of the molecule is O=C(c1c[nH]c2ccc([N+](=O)[O-])cc12)N1CCc2cccc(Br)c2C1. The first kappa shape index (κ1) is 15.8. The van der Waals surface area contributed by atoms with Crippen molar-refractivity contribution in [3.8, 4) is 0 Å². The number of non-ortho nitro benzene ring substituents is 1. The number of H-pyrrole nitrogens is 1. The second kappa shape index (κ2) is 6.00. The van der Waals surface area contributed by atoms with E-state index in [0.717, 1.165) is 16.5 Å². The zero-order valence-electron chi connectivity index (χ0n) is 13.2. The van der Waals surface area contributed by atoms with Gasteiger partial charge in [-0.15, -0.1) is 0 Å². The van der Waals surface area contributed by atoms with Gasteiger partial charge >= 0.3 is 0 Å². The van der Waals surface area contributed by atoms with Gasteiger partial charge in [0.2, 0.25) is 0 Å². The molecule has 4 rings (SSSR count). The molecule has 2 aromatic carbocycles. The molecule has 3 aromatic rings. The molecule has 0 unspecified atom stereocenters. The minimum absolute atomic E-state index is 0.0205. The maximum atomic E-state index is 13.0. The highest BCUT2D eigenvalue weighted by Crippen LogP contribution is 2.29. The summed E-state index contributed by atoms with van der Waals surface area (Å²) in [6.07, 6.45) is 2.43. The maximum Gasteiger partial charge on any atom is 0.270 e. The highest BCUT2D eigenvalue weighted by molar-refractivity contribution is 9.10. The number of nitrogens with zero attached hydrogens (tertiary/aromatic N) is 2. The van der Waals surface area contributed by atoms with E-state index in [2.05, 4.69) is 27.0 Å². The zero-order chi connectivity index (χ0) is 17.6. The zero-order valence-corrected chi connectivity index (χ0v) is 14.7. The number of aromatic amines is 1. The van der Waals surface area contributed by atoms with Crippen LogP contribution in [0.2, 0.25) is 0 Å². The molecule has 25 heavy (non-hydrogen) atoms. The average Bonchev–Trinajstić information content (AvgIpc) is 3.04. The minimum Gasteiger partial charge on any atom is -0.360 e. The lowest BCUT2D eigenvalue weighted by molar-refractivity contribution is -0.384. The van der Waals surface area contributed by atoms with Gasteiger partial charge in [-0.1, -0.05) is 28.1 Å². The van der Waals surface area contributed by atoms with Gasteiger partial charge in [-0.25, -0.2) is 0 Å². The molecule has 6 nitrogen and oxygen atoms in total. The van der Waals surface area contributed by atoms with Gasteiger partial charge in [-0.2, -0.15) is 0 Å². The molecular weight excluding hydrogens is 386 g/mol. The number of carbonyl (C=O) groups is 1. The maximum absolute atomic E-state index is 13.0. The molecule has 0 atom stereocenters. The molecule has 0 bridgehead atoms. The van der Waals surface area contributed by atoms with Crippen molar-refractivity contribution in [1.82, 2.24) is 9.88 Å². The predicted molar refractivity (Wildman–Crippen MR) is 97.5 cm³/mol. The van der Waals surface area contributed by atoms with E-state index in [1.54, 1.807) is 17.2 Å². The largest absolute Gasteiger partial charge is 0.360 e. The molecule has 1 aliphatic rings. The fraction of sp³-hybridized carbons (Fsp3) is 0.167. The Morgan fingerprint density at radius 3 is 2.92 bits per heavy atom. The summed E-state index contributed by atoms with van der Waals surface area (Å²) in [5.41, 5.74) is 3.52. The number of hydrogen-bond donors (Lipinski definition) is 1. The lowest BCUT2D eigenvalue weighted by Gasteiger charge is -2.29. The van der Waals surface area contributed by atoms with Gasteiger partial charge in [0, 0.05) is 46.8 Å². The van der Waals surface area contributed by atoms with Crippen molar-refractivity contribution in [3.05, 3.63) is 73.9 Å². The van der Waals surface area contributed by atoms with Crippen LogP contribution < -0.4 is 0 Å². The number of amides is 1. The Morgan fingerprint density at radius 2 is 2.12 bits per heavy atom. The van der Waals surface area contributed by atoms with Crippen molar-refractivity contribution in [2.45, 2.75) is 13.0 Å². The minimum atomic E-state index is -0.449. The summed E-state index contributed by atoms with van der Waals surface area (Å²) in [6.45, 7) is 1.15. The van der Waals surface area contributed by atoms with Gasteiger partial charge in [-0.05, 0) is 29.7 Å². The summed E-state index contributed by atoms with van der Waals surface area (Å²) in [7, 11) is 0. The van der Waals surface area contributed by atoms with Gasteiger partial charge < -0.3 is 9.88 Å². The summed E-state index contributed by atoms with van der Waals surface area (Å²) in [5.74, 6) is -0.117. The molecule has 1 aromatic heterocycles. The number of nitro benzene ring substituents is 1. The smallest absolute Gasteiger partial charge is 0.270 e. The van der Waals surface area contributed by atoms with Crippen molar-refractivity contribution in [2.75, 3.05) is 6.54 Å². The van der Waals surface area contributed by atoms with Crippen LogP contribution >= 0.6 is 15.9 Å². The van der Waals surface area contributed by atoms with Crippen LogP contribution in [0.5, 0.6) is 0 Å². The molecule has 0 aliphatic carbocycles. The lowest BCUT2D eigenvalue weighted by Crippen LogP contribution is -2.36. The van der Waals surface area contributed by atoms with Crippen LogP contribution in [-0.2, 0) is 13.0 Å². The molecule has 0 fully saturated rings. The third-order valence-corrected chi connectivity index (χ3v) is 5.35. The van der Waals surface area contributed by atoms with E-state index in [4.69, 9.17) is 0 Å². The van der Waals surface area contributed by atoms with Crippen LogP contribution in [0.3, 0.4) is 0 Å². The van der Waals surface area contributed by atoms with Crippen LogP contribution in [0.25, 0.3) is 10.9 Å². The number of nitrogens with one attached hydrogen (secondary N) is 1. The lowest BCUT2D eigenvalue weighted by atomic mass is 9.99. The van der Waals surface area contributed by atoms with Crippen LogP contribution in [0.15, 0.2) is 47.1 Å². The standard InChI is InChI=1S/C18H14BrN3O3/c19-16-3-1-2-11-6-7-21(10-15(11)16)18(23)14-9-20-17-5-4-12(22(24)25)8-13(14)17/h1-5,8-9,20H,6-7,10H2. The molecule has 2 heterocycles. The van der Waals surface area contributed by atoms with E-state index in [9.17, 15) is 14.9 Å². The summed E-state index contributed by atoms with van der Waals surface area (Å²) in [6, 6.07) is 10.6. The van der Waals surface area contributed by atoms with E-state index in [0.29, 0.717) is 29.6 Å². The topological polar surface area (TPSA) is 79.2 Å². The first-order valence-electron chi connectivity index (χ1n) is 7.85. The number of carbonyl (C=O) groups excluding carboxylic acids is 1. The quantitative estimate of drug-likeness (QED) is 0.521. The number of nitro groups is 1. The van der Waals surface area contributed by atoms with Gasteiger partial charge in [0.25, 0.3) is 11.6 Å². The van der Waals surface area contributed by atoms with Gasteiger partial charge in [-0.3, -0.25) is 14.9 Å². The first-order valence-corrected chi connectivity index (χ1v) is 8.65. The second-order valence-corrected chi connectivity index (χ2v) is 6.90. The molecule has 0 saturated heterocycles. The molecular formula is C18H14BrN3O3. The molecule has 126 valence electrons. The fourth-order valence-electron chi connectivity index (χ4n) is 3.28. The van der Waals surface area contributed by atoms with Crippen molar-refractivity contribution >= 4 is 38.4 Å². The number of rotatable bonds is 2. The fourth-order valence-corrected chi connectivity index (χ4v) is 3.82. The van der Waals surface area contributed by atoms with E-state index in [-0.39, 0.29) is 11.6 Å². The van der Waals surface area contributed by atoms with Crippen LogP contribution in [0.4, 0.5) is 5.69 Å². The molecule has 1 aliphatic heterocycles. The third kappa shape index (κ3) is 2.70. The Balaban J connectivity index is 1.70. The van der Waals surface area contributed by atoms with Gasteiger partial charge in [0.1, 0.15) is 0 Å². The number of hydrogen-bond acceptors (Lipinski definition) is 3. The number of benzene rings is 2. The summed E-state index contributed by atoms with van der Waals surface area (Å²) < 4.78 is 0.997. The van der Waals surface area contributed by atoms with Crippen molar-refractivity contribution in [3.63, 3.8) is 0 Å². The van der Waals surface area contributed by atoms with Crippen molar-refractivity contribution in [2.24, 2.45) is 0 Å². The highest BCUT2D eigenvalue weighted by Gasteiger charge is 2.25. The Bertz CT molecular complexity index is 1010. The Hall–Kier alpha value is -2.67. The van der Waals surface area contributed by atoms with E-state index in [1.165, 1.54) is 17.7 Å². The van der Waals surface area contributed by atoms with Crippen LogP contribution in [0, 0.1) is 10.1 Å². The van der Waals surface area contributed by atoms with Crippen LogP contribution in [0.1, 0.15) is 21.5 Å². The Labute approximate surface area is 151 Å². The molecule has 1 N–H and O–H groups in total. The predicted octanol–water partition coefficient (Wildman–Crippen LogP) is 4.04.